The number of carbonyl (C=O) groups excluding carboxylic acids is 2. The minimum absolute atomic E-state index is 0.0273. The summed E-state index contributed by atoms with van der Waals surface area (Å²) >= 11 is 3.47. The zero-order valence-corrected chi connectivity index (χ0v) is 20.6. The van der Waals surface area contributed by atoms with Crippen LogP contribution < -0.4 is 0 Å². The highest BCUT2D eigenvalue weighted by atomic mass is 79.9. The van der Waals surface area contributed by atoms with Crippen molar-refractivity contribution in [2.45, 2.75) is 52.4 Å². The predicted octanol–water partition coefficient (Wildman–Crippen LogP) is 7.51. The van der Waals surface area contributed by atoms with Gasteiger partial charge in [-0.05, 0) is 40.2 Å². The van der Waals surface area contributed by atoms with Gasteiger partial charge in [-0.1, -0.05) is 106 Å². The van der Waals surface area contributed by atoms with Crippen LogP contribution >= 0.6 is 15.9 Å². The summed E-state index contributed by atoms with van der Waals surface area (Å²) < 4.78 is 0.708. The van der Waals surface area contributed by atoms with Crippen LogP contribution in [0.25, 0.3) is 0 Å². The first-order chi connectivity index (χ1) is 14.4. The molecule has 0 aromatic heterocycles. The number of rotatable bonds is 4. The molecule has 3 aromatic rings. The molecule has 0 bridgehead atoms. The third kappa shape index (κ3) is 5.40. The standard InChI is InChI=1S/C28H29BrO2/c1-27(2,3)22-11-7-18(8-12-22)25(30)20-15-21(17-24(29)16-20)26(31)19-9-13-23(14-10-19)28(4,5)6/h7-17H,1-6H3. The molecule has 0 atom stereocenters. The molecule has 0 unspecified atom stereocenters. The van der Waals surface area contributed by atoms with E-state index in [-0.39, 0.29) is 22.4 Å². The Morgan fingerprint density at radius 2 is 0.871 bits per heavy atom. The van der Waals surface area contributed by atoms with E-state index in [1.807, 2.05) is 48.5 Å². The first-order valence-electron chi connectivity index (χ1n) is 10.5. The van der Waals surface area contributed by atoms with Gasteiger partial charge in [0.1, 0.15) is 0 Å². The van der Waals surface area contributed by atoms with Gasteiger partial charge in [-0.25, -0.2) is 0 Å². The highest BCUT2D eigenvalue weighted by molar-refractivity contribution is 9.10. The van der Waals surface area contributed by atoms with Gasteiger partial charge < -0.3 is 0 Å². The van der Waals surface area contributed by atoms with E-state index < -0.39 is 0 Å². The van der Waals surface area contributed by atoms with Crippen LogP contribution in [0.4, 0.5) is 0 Å². The molecule has 2 nitrogen and oxygen atoms in total. The van der Waals surface area contributed by atoms with E-state index in [1.165, 1.54) is 11.1 Å². The molecule has 0 fully saturated rings. The fourth-order valence-electron chi connectivity index (χ4n) is 3.43. The monoisotopic (exact) mass is 476 g/mol. The Morgan fingerprint density at radius 3 is 1.16 bits per heavy atom. The van der Waals surface area contributed by atoms with Gasteiger partial charge in [0, 0.05) is 26.7 Å². The van der Waals surface area contributed by atoms with Gasteiger partial charge in [0.15, 0.2) is 11.6 Å². The van der Waals surface area contributed by atoms with Crippen molar-refractivity contribution in [1.29, 1.82) is 0 Å². The maximum absolute atomic E-state index is 13.1. The molecule has 31 heavy (non-hydrogen) atoms. The fourth-order valence-corrected chi connectivity index (χ4v) is 3.92. The van der Waals surface area contributed by atoms with Gasteiger partial charge >= 0.3 is 0 Å². The molecule has 0 saturated heterocycles. The van der Waals surface area contributed by atoms with Crippen molar-refractivity contribution >= 4 is 27.5 Å². The van der Waals surface area contributed by atoms with Crippen LogP contribution in [0.3, 0.4) is 0 Å². The summed E-state index contributed by atoms with van der Waals surface area (Å²) in [6.45, 7) is 12.9. The summed E-state index contributed by atoms with van der Waals surface area (Å²) in [5.41, 5.74) is 4.61. The molecular formula is C28H29BrO2. The van der Waals surface area contributed by atoms with E-state index in [0.29, 0.717) is 26.7 Å². The van der Waals surface area contributed by atoms with Crippen LogP contribution in [0.15, 0.2) is 71.2 Å². The third-order valence-corrected chi connectivity index (χ3v) is 5.91. The fraction of sp³-hybridized carbons (Fsp3) is 0.286. The summed E-state index contributed by atoms with van der Waals surface area (Å²) in [4.78, 5) is 26.2. The molecule has 0 heterocycles. The second-order valence-electron chi connectivity index (χ2n) is 10.0. The van der Waals surface area contributed by atoms with Crippen LogP contribution in [0, 0.1) is 0 Å². The lowest BCUT2D eigenvalue weighted by atomic mass is 9.86. The van der Waals surface area contributed by atoms with Crippen LogP contribution in [0.5, 0.6) is 0 Å². The molecule has 3 heteroatoms. The van der Waals surface area contributed by atoms with Gasteiger partial charge in [0.2, 0.25) is 0 Å². The average molecular weight is 477 g/mol. The van der Waals surface area contributed by atoms with Crippen LogP contribution in [0.1, 0.15) is 84.5 Å². The smallest absolute Gasteiger partial charge is 0.193 e. The summed E-state index contributed by atoms with van der Waals surface area (Å²) in [5, 5.41) is 0. The molecule has 0 amide bonds. The van der Waals surface area contributed by atoms with Crippen molar-refractivity contribution in [3.8, 4) is 0 Å². The highest BCUT2D eigenvalue weighted by Gasteiger charge is 2.19. The Morgan fingerprint density at radius 1 is 0.548 bits per heavy atom. The molecule has 0 radical (unpaired) electrons. The molecule has 0 aliphatic heterocycles. The highest BCUT2D eigenvalue weighted by Crippen LogP contribution is 2.26. The lowest BCUT2D eigenvalue weighted by Crippen LogP contribution is -2.12. The van der Waals surface area contributed by atoms with Crippen molar-refractivity contribution < 1.29 is 9.59 Å². The molecule has 0 spiro atoms. The predicted molar refractivity (Wildman–Crippen MR) is 131 cm³/mol. The van der Waals surface area contributed by atoms with E-state index >= 15 is 0 Å². The van der Waals surface area contributed by atoms with Crippen molar-refractivity contribution in [2.75, 3.05) is 0 Å². The topological polar surface area (TPSA) is 34.1 Å². The number of halogens is 1. The Kier molecular flexibility index (Phi) is 6.38. The Labute approximate surface area is 193 Å². The van der Waals surface area contributed by atoms with Gasteiger partial charge in [-0.3, -0.25) is 9.59 Å². The molecule has 0 saturated carbocycles. The number of ketones is 2. The molecule has 3 aromatic carbocycles. The summed E-state index contributed by atoms with van der Waals surface area (Å²) in [6.07, 6.45) is 0. The number of benzene rings is 3. The normalized spacial score (nSPS) is 12.0. The number of hydrogen-bond donors (Lipinski definition) is 0. The van der Waals surface area contributed by atoms with Gasteiger partial charge in [0.25, 0.3) is 0 Å². The SMILES string of the molecule is CC(C)(C)c1ccc(C(=O)c2cc(Br)cc(C(=O)c3ccc(C(C)(C)C)cc3)c2)cc1. The third-order valence-electron chi connectivity index (χ3n) is 5.45. The Hall–Kier alpha value is -2.52. The second-order valence-corrected chi connectivity index (χ2v) is 11.0. The van der Waals surface area contributed by atoms with Gasteiger partial charge in [0.05, 0.1) is 0 Å². The van der Waals surface area contributed by atoms with Crippen molar-refractivity contribution in [3.63, 3.8) is 0 Å². The largest absolute Gasteiger partial charge is 0.289 e. The minimum Gasteiger partial charge on any atom is -0.289 e. The maximum atomic E-state index is 13.1. The van der Waals surface area contributed by atoms with E-state index in [4.69, 9.17) is 0 Å². The summed E-state index contributed by atoms with van der Waals surface area (Å²) in [6, 6.07) is 20.6. The maximum Gasteiger partial charge on any atom is 0.193 e. The minimum atomic E-state index is -0.0983. The van der Waals surface area contributed by atoms with Crippen molar-refractivity contribution in [1.82, 2.24) is 0 Å². The van der Waals surface area contributed by atoms with Crippen LogP contribution in [-0.4, -0.2) is 11.6 Å². The van der Waals surface area contributed by atoms with E-state index in [1.54, 1.807) is 18.2 Å². The molecular weight excluding hydrogens is 448 g/mol. The summed E-state index contributed by atoms with van der Waals surface area (Å²) in [7, 11) is 0. The van der Waals surface area contributed by atoms with Crippen LogP contribution in [-0.2, 0) is 10.8 Å². The van der Waals surface area contributed by atoms with E-state index in [9.17, 15) is 9.59 Å². The van der Waals surface area contributed by atoms with Crippen LogP contribution in [0.2, 0.25) is 0 Å². The molecule has 0 aliphatic rings. The van der Waals surface area contributed by atoms with E-state index in [0.717, 1.165) is 0 Å². The molecule has 3 rings (SSSR count). The average Bonchev–Trinajstić information content (AvgIpc) is 2.71. The molecule has 0 N–H and O–H groups in total. The van der Waals surface area contributed by atoms with Gasteiger partial charge in [-0.15, -0.1) is 0 Å². The zero-order chi connectivity index (χ0) is 23.0. The summed E-state index contributed by atoms with van der Waals surface area (Å²) in [5.74, 6) is -0.197. The van der Waals surface area contributed by atoms with Crippen molar-refractivity contribution in [2.24, 2.45) is 0 Å². The van der Waals surface area contributed by atoms with Gasteiger partial charge in [-0.2, -0.15) is 0 Å². The first kappa shape index (κ1) is 23.1. The lowest BCUT2D eigenvalue weighted by Gasteiger charge is -2.19. The Bertz CT molecular complexity index is 1020. The second kappa shape index (κ2) is 8.55. The zero-order valence-electron chi connectivity index (χ0n) is 19.0. The lowest BCUT2D eigenvalue weighted by molar-refractivity contribution is 0.103. The quantitative estimate of drug-likeness (QED) is 0.365. The Balaban J connectivity index is 1.91. The van der Waals surface area contributed by atoms with E-state index in [2.05, 4.69) is 57.5 Å². The first-order valence-corrected chi connectivity index (χ1v) is 11.3. The number of carbonyl (C=O) groups is 2. The molecule has 160 valence electrons. The van der Waals surface area contributed by atoms with Crippen molar-refractivity contribution in [3.05, 3.63) is 105 Å². The number of hydrogen-bond acceptors (Lipinski definition) is 2. The molecule has 0 aliphatic carbocycles.